The van der Waals surface area contributed by atoms with E-state index in [1.54, 1.807) is 0 Å². The molecule has 21 heavy (non-hydrogen) atoms. The van der Waals surface area contributed by atoms with E-state index in [9.17, 15) is 4.79 Å². The molecule has 0 aromatic heterocycles. The summed E-state index contributed by atoms with van der Waals surface area (Å²) in [7, 11) is 0. The van der Waals surface area contributed by atoms with Crippen LogP contribution in [0.15, 0.2) is 29.3 Å². The lowest BCUT2D eigenvalue weighted by atomic mass is 9.80. The zero-order chi connectivity index (χ0) is 15.3. The van der Waals surface area contributed by atoms with E-state index in [1.165, 1.54) is 5.56 Å². The Morgan fingerprint density at radius 3 is 2.81 bits per heavy atom. The van der Waals surface area contributed by atoms with E-state index in [1.807, 2.05) is 24.4 Å². The first-order valence-electron chi connectivity index (χ1n) is 7.49. The van der Waals surface area contributed by atoms with Crippen LogP contribution in [-0.2, 0) is 10.2 Å². The predicted molar refractivity (Wildman–Crippen MR) is 84.9 cm³/mol. The summed E-state index contributed by atoms with van der Waals surface area (Å²) in [5.41, 5.74) is 7.89. The summed E-state index contributed by atoms with van der Waals surface area (Å²) < 4.78 is 0. The number of hydrogen-bond donors (Lipinski definition) is 1. The Labute approximate surface area is 126 Å². The van der Waals surface area contributed by atoms with Crippen molar-refractivity contribution in [2.75, 3.05) is 13.1 Å². The molecule has 2 unspecified atom stereocenters. The maximum atomic E-state index is 11.9. The number of likely N-dealkylation sites (tertiary alicyclic amines) is 1. The van der Waals surface area contributed by atoms with Gasteiger partial charge >= 0.3 is 0 Å². The number of aliphatic imine (C=N–C) groups is 1. The number of carbonyl (C=O) groups is 1. The van der Waals surface area contributed by atoms with Gasteiger partial charge in [0.1, 0.15) is 0 Å². The highest BCUT2D eigenvalue weighted by molar-refractivity contribution is 5.89. The van der Waals surface area contributed by atoms with Gasteiger partial charge in [0.25, 0.3) is 0 Å². The fourth-order valence-corrected chi connectivity index (χ4v) is 3.63. The maximum absolute atomic E-state index is 11.9. The van der Waals surface area contributed by atoms with Gasteiger partial charge in [-0.3, -0.25) is 14.7 Å². The van der Waals surface area contributed by atoms with Crippen molar-refractivity contribution in [2.45, 2.75) is 38.6 Å². The minimum Gasteiger partial charge on any atom is -0.368 e. The van der Waals surface area contributed by atoms with Gasteiger partial charge in [-0.05, 0) is 23.5 Å². The van der Waals surface area contributed by atoms with Crippen LogP contribution >= 0.6 is 0 Å². The third-order valence-electron chi connectivity index (χ3n) is 4.38. The second-order valence-electron chi connectivity index (χ2n) is 7.52. The summed E-state index contributed by atoms with van der Waals surface area (Å²) >= 11 is 0. The number of benzene rings is 1. The number of amides is 1. The molecule has 0 bridgehead atoms. The third-order valence-corrected chi connectivity index (χ3v) is 4.38. The van der Waals surface area contributed by atoms with Gasteiger partial charge in [0.15, 0.2) is 0 Å². The van der Waals surface area contributed by atoms with Crippen molar-refractivity contribution in [3.63, 3.8) is 0 Å². The molecule has 1 aromatic carbocycles. The van der Waals surface area contributed by atoms with E-state index >= 15 is 0 Å². The van der Waals surface area contributed by atoms with E-state index in [0.29, 0.717) is 0 Å². The molecule has 2 heterocycles. The minimum absolute atomic E-state index is 0.133. The normalized spacial score (nSPS) is 28.2. The Morgan fingerprint density at radius 1 is 1.43 bits per heavy atom. The molecular weight excluding hydrogens is 262 g/mol. The van der Waals surface area contributed by atoms with E-state index < -0.39 is 0 Å². The Kier molecular flexibility index (Phi) is 3.17. The third kappa shape index (κ3) is 2.48. The van der Waals surface area contributed by atoms with Crippen molar-refractivity contribution in [1.82, 2.24) is 4.90 Å². The van der Waals surface area contributed by atoms with Gasteiger partial charge in [-0.25, -0.2) is 0 Å². The van der Waals surface area contributed by atoms with Crippen LogP contribution in [0.25, 0.3) is 0 Å². The average molecular weight is 285 g/mol. The number of rotatable bonds is 2. The van der Waals surface area contributed by atoms with Gasteiger partial charge in [-0.2, -0.15) is 0 Å². The minimum atomic E-state index is -0.228. The molecule has 2 N–H and O–H groups in total. The highest BCUT2D eigenvalue weighted by Crippen LogP contribution is 2.45. The van der Waals surface area contributed by atoms with Gasteiger partial charge in [-0.15, -0.1) is 0 Å². The fourth-order valence-electron chi connectivity index (χ4n) is 3.63. The van der Waals surface area contributed by atoms with E-state index in [0.717, 1.165) is 25.2 Å². The second kappa shape index (κ2) is 4.67. The lowest BCUT2D eigenvalue weighted by Gasteiger charge is -2.30. The summed E-state index contributed by atoms with van der Waals surface area (Å²) in [6.07, 6.45) is 2.76. The van der Waals surface area contributed by atoms with Crippen molar-refractivity contribution in [1.29, 1.82) is 0 Å². The van der Waals surface area contributed by atoms with Crippen LogP contribution < -0.4 is 5.73 Å². The van der Waals surface area contributed by atoms with Crippen molar-refractivity contribution >= 4 is 17.8 Å². The van der Waals surface area contributed by atoms with Crippen LogP contribution in [0.4, 0.5) is 5.69 Å². The summed E-state index contributed by atoms with van der Waals surface area (Å²) in [6.45, 7) is 8.24. The summed E-state index contributed by atoms with van der Waals surface area (Å²) in [4.78, 5) is 18.7. The number of nitrogens with two attached hydrogens (primary N) is 1. The van der Waals surface area contributed by atoms with Gasteiger partial charge in [-0.1, -0.05) is 39.0 Å². The summed E-state index contributed by atoms with van der Waals surface area (Å²) in [5.74, 6) is -0.228. The molecule has 0 saturated carbocycles. The van der Waals surface area contributed by atoms with Crippen LogP contribution in [0.5, 0.6) is 0 Å². The SMILES string of the molecule is CC(C)(C)CN1CC2(C=Nc3ccccc32)CC1C(N)=O. The van der Waals surface area contributed by atoms with Crippen molar-refractivity contribution in [3.8, 4) is 0 Å². The Bertz CT molecular complexity index is 602. The highest BCUT2D eigenvalue weighted by Gasteiger charge is 2.49. The van der Waals surface area contributed by atoms with E-state index in [-0.39, 0.29) is 22.8 Å². The van der Waals surface area contributed by atoms with Gasteiger partial charge in [0, 0.05) is 24.7 Å². The smallest absolute Gasteiger partial charge is 0.234 e. The first-order chi connectivity index (χ1) is 9.81. The summed E-state index contributed by atoms with van der Waals surface area (Å²) in [6, 6.07) is 8.00. The summed E-state index contributed by atoms with van der Waals surface area (Å²) in [5, 5.41) is 0. The van der Waals surface area contributed by atoms with E-state index in [2.05, 4.69) is 36.7 Å². The van der Waals surface area contributed by atoms with Crippen LogP contribution in [0.1, 0.15) is 32.8 Å². The van der Waals surface area contributed by atoms with Crippen LogP contribution in [0, 0.1) is 5.41 Å². The zero-order valence-corrected chi connectivity index (χ0v) is 13.0. The molecule has 4 heteroatoms. The number of fused-ring (bicyclic) bond motifs is 2. The molecule has 1 saturated heterocycles. The van der Waals surface area contributed by atoms with Crippen LogP contribution in [0.2, 0.25) is 0 Å². The predicted octanol–water partition coefficient (Wildman–Crippen LogP) is 2.25. The van der Waals surface area contributed by atoms with Gasteiger partial charge < -0.3 is 5.73 Å². The van der Waals surface area contributed by atoms with Gasteiger partial charge in [0.05, 0.1) is 11.7 Å². The van der Waals surface area contributed by atoms with E-state index in [4.69, 9.17) is 5.73 Å². The number of nitrogens with zero attached hydrogens (tertiary/aromatic N) is 2. The first kappa shape index (κ1) is 14.3. The second-order valence-corrected chi connectivity index (χ2v) is 7.52. The number of para-hydroxylation sites is 1. The number of hydrogen-bond acceptors (Lipinski definition) is 3. The maximum Gasteiger partial charge on any atom is 0.234 e. The van der Waals surface area contributed by atoms with Crippen molar-refractivity contribution < 1.29 is 4.79 Å². The Morgan fingerprint density at radius 2 is 2.14 bits per heavy atom. The largest absolute Gasteiger partial charge is 0.368 e. The molecule has 2 aliphatic heterocycles. The molecule has 4 nitrogen and oxygen atoms in total. The van der Waals surface area contributed by atoms with Crippen LogP contribution in [-0.4, -0.2) is 36.2 Å². The zero-order valence-electron chi connectivity index (χ0n) is 13.0. The lowest BCUT2D eigenvalue weighted by molar-refractivity contribution is -0.122. The highest BCUT2D eigenvalue weighted by atomic mass is 16.1. The Balaban J connectivity index is 1.94. The molecule has 1 spiro atoms. The molecule has 2 aliphatic rings. The molecular formula is C17H23N3O. The number of carbonyl (C=O) groups excluding carboxylic acids is 1. The Hall–Kier alpha value is -1.68. The standard InChI is InChI=1S/C17H23N3O/c1-16(2,3)10-20-11-17(8-14(20)15(18)21)9-19-13-7-5-4-6-12(13)17/h4-7,9,14H,8,10-11H2,1-3H3,(H2,18,21). The molecule has 1 fully saturated rings. The molecule has 2 atom stereocenters. The van der Waals surface area contributed by atoms with Crippen molar-refractivity contribution in [2.24, 2.45) is 16.1 Å². The molecule has 1 aromatic rings. The molecule has 0 aliphatic carbocycles. The molecule has 112 valence electrons. The molecule has 3 rings (SSSR count). The van der Waals surface area contributed by atoms with Crippen LogP contribution in [0.3, 0.4) is 0 Å². The van der Waals surface area contributed by atoms with Gasteiger partial charge in [0.2, 0.25) is 5.91 Å². The molecule has 1 amide bonds. The topological polar surface area (TPSA) is 58.7 Å². The monoisotopic (exact) mass is 285 g/mol. The molecule has 0 radical (unpaired) electrons. The quantitative estimate of drug-likeness (QED) is 0.906. The fraction of sp³-hybridized carbons (Fsp3) is 0.529. The average Bonchev–Trinajstić information content (AvgIpc) is 2.91. The number of primary amides is 1. The lowest BCUT2D eigenvalue weighted by Crippen LogP contribution is -2.44. The van der Waals surface area contributed by atoms with Crippen molar-refractivity contribution in [3.05, 3.63) is 29.8 Å². The first-order valence-corrected chi connectivity index (χ1v) is 7.49.